The van der Waals surface area contributed by atoms with Crippen LogP contribution < -0.4 is 23.8 Å². The molecule has 2 aliphatic carbocycles. The topological polar surface area (TPSA) is 57.2 Å². The number of hydrogen-bond donors (Lipinski definition) is 0. The maximum atomic E-state index is 13.1. The number of carbonyl (C=O) groups excluding carboxylic acids is 1. The van der Waals surface area contributed by atoms with Gasteiger partial charge in [0.15, 0.2) is 23.0 Å². The van der Waals surface area contributed by atoms with Crippen LogP contribution in [0.25, 0.3) is 11.6 Å². The van der Waals surface area contributed by atoms with Crippen LogP contribution in [0.15, 0.2) is 30.3 Å². The third-order valence-electron chi connectivity index (χ3n) is 7.14. The lowest BCUT2D eigenvalue weighted by Gasteiger charge is -2.24. The van der Waals surface area contributed by atoms with Gasteiger partial charge >= 0.3 is 0 Å². The van der Waals surface area contributed by atoms with E-state index in [9.17, 15) is 4.79 Å². The van der Waals surface area contributed by atoms with Crippen molar-refractivity contribution in [1.82, 2.24) is 0 Å². The van der Waals surface area contributed by atoms with Crippen molar-refractivity contribution in [2.24, 2.45) is 11.8 Å². The molecule has 2 saturated carbocycles. The van der Waals surface area contributed by atoms with E-state index in [0.717, 1.165) is 40.7 Å². The second-order valence-corrected chi connectivity index (χ2v) is 8.89. The summed E-state index contributed by atoms with van der Waals surface area (Å²) in [5, 5.41) is 0. The zero-order valence-corrected chi connectivity index (χ0v) is 19.0. The number of fused-ring (bicyclic) bond motifs is 3. The molecule has 1 heterocycles. The van der Waals surface area contributed by atoms with Gasteiger partial charge in [-0.25, -0.2) is 0 Å². The molecule has 5 rings (SSSR count). The van der Waals surface area contributed by atoms with Gasteiger partial charge in [-0.05, 0) is 67.4 Å². The highest BCUT2D eigenvalue weighted by Gasteiger charge is 2.41. The first-order chi connectivity index (χ1) is 15.5. The summed E-state index contributed by atoms with van der Waals surface area (Å²) in [5.41, 5.74) is 3.12. The minimum absolute atomic E-state index is 0.0679. The quantitative estimate of drug-likeness (QED) is 0.610. The van der Waals surface area contributed by atoms with E-state index in [-0.39, 0.29) is 12.0 Å². The summed E-state index contributed by atoms with van der Waals surface area (Å²) in [7, 11) is 6.61. The van der Waals surface area contributed by atoms with Gasteiger partial charge in [-0.15, -0.1) is 0 Å². The first-order valence-corrected chi connectivity index (χ1v) is 11.1. The summed E-state index contributed by atoms with van der Waals surface area (Å²) in [6.45, 7) is 0. The molecule has 1 aliphatic heterocycles. The fraction of sp³-hybridized carbons (Fsp3) is 0.423. The van der Waals surface area contributed by atoms with Crippen LogP contribution in [0.1, 0.15) is 36.8 Å². The molecule has 2 fully saturated rings. The molecular weight excluding hydrogens is 406 g/mol. The van der Waals surface area contributed by atoms with Crippen molar-refractivity contribution in [3.05, 3.63) is 41.5 Å². The van der Waals surface area contributed by atoms with E-state index in [0.29, 0.717) is 23.0 Å². The number of benzene rings is 2. The largest absolute Gasteiger partial charge is 0.493 e. The van der Waals surface area contributed by atoms with Crippen LogP contribution in [-0.4, -0.2) is 40.4 Å². The van der Waals surface area contributed by atoms with Crippen LogP contribution in [0.3, 0.4) is 0 Å². The zero-order chi connectivity index (χ0) is 22.4. The van der Waals surface area contributed by atoms with E-state index in [1.165, 1.54) is 19.3 Å². The fourth-order valence-corrected chi connectivity index (χ4v) is 5.44. The van der Waals surface area contributed by atoms with Gasteiger partial charge in [-0.1, -0.05) is 6.07 Å². The molecule has 2 bridgehead atoms. The van der Waals surface area contributed by atoms with Crippen molar-refractivity contribution in [1.29, 1.82) is 0 Å². The van der Waals surface area contributed by atoms with Crippen LogP contribution in [0, 0.1) is 11.8 Å². The van der Waals surface area contributed by atoms with Crippen LogP contribution in [-0.2, 0) is 4.79 Å². The van der Waals surface area contributed by atoms with Crippen LogP contribution in [0.5, 0.6) is 23.0 Å². The molecule has 0 spiro atoms. The number of ether oxygens (including phenoxy) is 4. The molecule has 0 aromatic heterocycles. The molecule has 168 valence electrons. The summed E-state index contributed by atoms with van der Waals surface area (Å²) < 4.78 is 22.9. The van der Waals surface area contributed by atoms with Crippen molar-refractivity contribution < 1.29 is 23.7 Å². The van der Waals surface area contributed by atoms with Gasteiger partial charge in [0.05, 0.1) is 27.0 Å². The average Bonchev–Trinajstić information content (AvgIpc) is 3.49. The van der Waals surface area contributed by atoms with Crippen molar-refractivity contribution in [3.8, 4) is 23.0 Å². The molecule has 0 radical (unpaired) electrons. The monoisotopic (exact) mass is 435 g/mol. The number of carbonyl (C=O) groups is 1. The van der Waals surface area contributed by atoms with E-state index >= 15 is 0 Å². The highest BCUT2D eigenvalue weighted by atomic mass is 16.5. The number of rotatable bonds is 6. The average molecular weight is 436 g/mol. The van der Waals surface area contributed by atoms with Gasteiger partial charge in [0, 0.05) is 24.3 Å². The smallest absolute Gasteiger partial charge is 0.258 e. The summed E-state index contributed by atoms with van der Waals surface area (Å²) in [5.74, 6) is 4.03. The van der Waals surface area contributed by atoms with Crippen molar-refractivity contribution in [3.63, 3.8) is 0 Å². The van der Waals surface area contributed by atoms with E-state index in [1.54, 1.807) is 33.3 Å². The van der Waals surface area contributed by atoms with Crippen LogP contribution >= 0.6 is 0 Å². The molecule has 6 nitrogen and oxygen atoms in total. The SMILES string of the molecule is COc1cc2c(cc1OC)N(C)C(=O)/C2=C/c1ccc(OC)c(O[C@H]2C[C@@H]3CC[C@H]2C3)c1. The molecule has 6 heteroatoms. The molecule has 0 N–H and O–H groups in total. The number of methoxy groups -OCH3 is 3. The summed E-state index contributed by atoms with van der Waals surface area (Å²) in [4.78, 5) is 14.7. The minimum atomic E-state index is -0.0679. The molecule has 0 unspecified atom stereocenters. The van der Waals surface area contributed by atoms with Crippen LogP contribution in [0.2, 0.25) is 0 Å². The molecule has 32 heavy (non-hydrogen) atoms. The second kappa shape index (κ2) is 8.08. The summed E-state index contributed by atoms with van der Waals surface area (Å²) >= 11 is 0. The number of anilines is 1. The third kappa shape index (κ3) is 3.38. The predicted octanol–water partition coefficient (Wildman–Crippen LogP) is 4.80. The zero-order valence-electron chi connectivity index (χ0n) is 19.0. The summed E-state index contributed by atoms with van der Waals surface area (Å²) in [6.07, 6.45) is 7.14. The van der Waals surface area contributed by atoms with E-state index in [1.807, 2.05) is 36.4 Å². The maximum absolute atomic E-state index is 13.1. The standard InChI is InChI=1S/C26H29NO5/c1-27-20-14-24(31-4)23(30-3)13-18(20)19(26(27)28)10-16-6-8-21(29-2)25(12-16)32-22-11-15-5-7-17(22)9-15/h6,8,10,12-15,17,22H,5,7,9,11H2,1-4H3/b19-10+/t15-,17+,22+/m1/s1. The Kier molecular flexibility index (Phi) is 5.24. The highest BCUT2D eigenvalue weighted by Crippen LogP contribution is 2.47. The van der Waals surface area contributed by atoms with Crippen molar-refractivity contribution >= 4 is 23.2 Å². The first-order valence-electron chi connectivity index (χ1n) is 11.1. The molecular formula is C26H29NO5. The molecule has 2 aromatic carbocycles. The lowest BCUT2D eigenvalue weighted by atomic mass is 9.97. The Balaban J connectivity index is 1.50. The first kappa shape index (κ1) is 20.7. The molecule has 3 atom stereocenters. The Morgan fingerprint density at radius 2 is 1.66 bits per heavy atom. The normalized spacial score (nSPS) is 24.8. The van der Waals surface area contributed by atoms with E-state index in [4.69, 9.17) is 18.9 Å². The van der Waals surface area contributed by atoms with Crippen LogP contribution in [0.4, 0.5) is 5.69 Å². The van der Waals surface area contributed by atoms with Crippen molar-refractivity contribution in [2.45, 2.75) is 31.8 Å². The lowest BCUT2D eigenvalue weighted by molar-refractivity contribution is -0.112. The Labute approximate surface area is 188 Å². The van der Waals surface area contributed by atoms with Gasteiger partial charge in [0.1, 0.15) is 6.10 Å². The Bertz CT molecular complexity index is 1090. The van der Waals surface area contributed by atoms with E-state index in [2.05, 4.69) is 0 Å². The fourth-order valence-electron chi connectivity index (χ4n) is 5.44. The molecule has 1 amide bonds. The number of hydrogen-bond acceptors (Lipinski definition) is 5. The number of nitrogens with zero attached hydrogens (tertiary/aromatic N) is 1. The minimum Gasteiger partial charge on any atom is -0.493 e. The Hall–Kier alpha value is -3.15. The lowest BCUT2D eigenvalue weighted by Crippen LogP contribution is -2.23. The van der Waals surface area contributed by atoms with Gasteiger partial charge in [0.25, 0.3) is 5.91 Å². The Morgan fingerprint density at radius 3 is 2.31 bits per heavy atom. The Morgan fingerprint density at radius 1 is 0.906 bits per heavy atom. The van der Waals surface area contributed by atoms with Crippen molar-refractivity contribution in [2.75, 3.05) is 33.3 Å². The molecule has 2 aromatic rings. The highest BCUT2D eigenvalue weighted by molar-refractivity contribution is 6.35. The van der Waals surface area contributed by atoms with Gasteiger partial charge in [0.2, 0.25) is 0 Å². The number of amides is 1. The van der Waals surface area contributed by atoms with Gasteiger partial charge in [-0.2, -0.15) is 0 Å². The third-order valence-corrected chi connectivity index (χ3v) is 7.14. The summed E-state index contributed by atoms with van der Waals surface area (Å²) in [6, 6.07) is 9.53. The maximum Gasteiger partial charge on any atom is 0.258 e. The molecule has 3 aliphatic rings. The predicted molar refractivity (Wildman–Crippen MR) is 124 cm³/mol. The molecule has 0 saturated heterocycles. The number of likely N-dealkylation sites (N-methyl/N-ethyl adjacent to an activating group) is 1. The van der Waals surface area contributed by atoms with E-state index < -0.39 is 0 Å². The van der Waals surface area contributed by atoms with Gasteiger partial charge < -0.3 is 23.8 Å². The van der Waals surface area contributed by atoms with Gasteiger partial charge in [-0.3, -0.25) is 4.79 Å². The second-order valence-electron chi connectivity index (χ2n) is 8.89.